The fourth-order valence-electron chi connectivity index (χ4n) is 2.10. The van der Waals surface area contributed by atoms with E-state index in [4.69, 9.17) is 0 Å². The number of imidazole rings is 1. The number of hydrogen-bond acceptors (Lipinski definition) is 2. The van der Waals surface area contributed by atoms with Crippen molar-refractivity contribution >= 4 is 15.9 Å². The Labute approximate surface area is 120 Å². The Balaban J connectivity index is 2.13. The summed E-state index contributed by atoms with van der Waals surface area (Å²) in [4.78, 5) is 7.35. The zero-order chi connectivity index (χ0) is 13.8. The largest absolute Gasteiger partial charge is 0.347 e. The lowest BCUT2D eigenvalue weighted by molar-refractivity contribution is 0.429. The highest BCUT2D eigenvalue weighted by atomic mass is 79.9. The molecule has 1 aromatic heterocycles. The van der Waals surface area contributed by atoms with Crippen molar-refractivity contribution in [3.05, 3.63) is 52.3 Å². The Morgan fingerprint density at radius 1 is 1.47 bits per heavy atom. The van der Waals surface area contributed by atoms with Gasteiger partial charge in [0.25, 0.3) is 0 Å². The van der Waals surface area contributed by atoms with E-state index in [1.807, 2.05) is 13.0 Å². The molecule has 0 saturated heterocycles. The van der Waals surface area contributed by atoms with Gasteiger partial charge in [0, 0.05) is 28.5 Å². The number of rotatable bonds is 5. The van der Waals surface area contributed by atoms with Crippen LogP contribution in [0.3, 0.4) is 0 Å². The Morgan fingerprint density at radius 3 is 2.84 bits per heavy atom. The Hall–Kier alpha value is -1.20. The molecule has 1 aromatic carbocycles. The van der Waals surface area contributed by atoms with Crippen molar-refractivity contribution in [2.24, 2.45) is 0 Å². The molecular weight excluding hydrogens is 309 g/mol. The minimum Gasteiger partial charge on any atom is -0.347 e. The SMILES string of the molecule is CCC(NC(C)c1ccc(Br)cc1F)c1ncc[nH]1. The molecule has 0 saturated carbocycles. The van der Waals surface area contributed by atoms with Gasteiger partial charge < -0.3 is 10.3 Å². The molecule has 2 N–H and O–H groups in total. The van der Waals surface area contributed by atoms with Crippen molar-refractivity contribution in [2.45, 2.75) is 32.4 Å². The van der Waals surface area contributed by atoms with Gasteiger partial charge in [0.15, 0.2) is 0 Å². The van der Waals surface area contributed by atoms with E-state index >= 15 is 0 Å². The number of nitrogens with zero attached hydrogens (tertiary/aromatic N) is 1. The molecule has 0 aliphatic rings. The van der Waals surface area contributed by atoms with Crippen LogP contribution in [0.2, 0.25) is 0 Å². The molecule has 102 valence electrons. The molecule has 2 aromatic rings. The van der Waals surface area contributed by atoms with Crippen molar-refractivity contribution in [1.82, 2.24) is 15.3 Å². The summed E-state index contributed by atoms with van der Waals surface area (Å²) in [5.41, 5.74) is 0.660. The fourth-order valence-corrected chi connectivity index (χ4v) is 2.44. The summed E-state index contributed by atoms with van der Waals surface area (Å²) in [5, 5.41) is 3.40. The average Bonchev–Trinajstić information content (AvgIpc) is 2.89. The minimum absolute atomic E-state index is 0.0804. The molecule has 0 aliphatic carbocycles. The molecule has 1 heterocycles. The Bertz CT molecular complexity index is 527. The van der Waals surface area contributed by atoms with Gasteiger partial charge in [-0.1, -0.05) is 28.9 Å². The van der Waals surface area contributed by atoms with Gasteiger partial charge in [-0.05, 0) is 25.5 Å². The number of aromatic amines is 1. The second-order valence-electron chi connectivity index (χ2n) is 4.49. The third-order valence-corrected chi connectivity index (χ3v) is 3.63. The van der Waals surface area contributed by atoms with Crippen molar-refractivity contribution in [2.75, 3.05) is 0 Å². The molecule has 2 unspecified atom stereocenters. The molecule has 0 aliphatic heterocycles. The number of benzene rings is 1. The van der Waals surface area contributed by atoms with Crippen molar-refractivity contribution in [3.63, 3.8) is 0 Å². The number of nitrogens with one attached hydrogen (secondary N) is 2. The zero-order valence-corrected chi connectivity index (χ0v) is 12.5. The zero-order valence-electron chi connectivity index (χ0n) is 11.0. The van der Waals surface area contributed by atoms with Gasteiger partial charge in [0.05, 0.1) is 6.04 Å². The van der Waals surface area contributed by atoms with Crippen molar-refractivity contribution < 1.29 is 4.39 Å². The monoisotopic (exact) mass is 325 g/mol. The van der Waals surface area contributed by atoms with Crippen LogP contribution < -0.4 is 5.32 Å². The van der Waals surface area contributed by atoms with Crippen LogP contribution in [0.5, 0.6) is 0 Å². The predicted octanol–water partition coefficient (Wildman–Crippen LogP) is 4.11. The smallest absolute Gasteiger partial charge is 0.129 e. The first-order valence-electron chi connectivity index (χ1n) is 6.32. The van der Waals surface area contributed by atoms with Crippen LogP contribution in [0.25, 0.3) is 0 Å². The predicted molar refractivity (Wildman–Crippen MR) is 77.3 cm³/mol. The number of halogens is 2. The van der Waals surface area contributed by atoms with Gasteiger partial charge in [-0.2, -0.15) is 0 Å². The van der Waals surface area contributed by atoms with Crippen molar-refractivity contribution in [1.29, 1.82) is 0 Å². The van der Waals surface area contributed by atoms with E-state index in [-0.39, 0.29) is 17.9 Å². The molecule has 0 bridgehead atoms. The van der Waals surface area contributed by atoms with E-state index in [0.717, 1.165) is 16.7 Å². The first-order valence-corrected chi connectivity index (χ1v) is 7.11. The van der Waals surface area contributed by atoms with Crippen LogP contribution in [-0.2, 0) is 0 Å². The molecule has 2 atom stereocenters. The van der Waals surface area contributed by atoms with E-state index in [1.165, 1.54) is 6.07 Å². The normalized spacial score (nSPS) is 14.3. The summed E-state index contributed by atoms with van der Waals surface area (Å²) in [6.07, 6.45) is 4.41. The first-order chi connectivity index (χ1) is 9.11. The minimum atomic E-state index is -0.205. The Kier molecular flexibility index (Phi) is 4.71. The average molecular weight is 326 g/mol. The molecular formula is C14H17BrFN3. The van der Waals surface area contributed by atoms with Gasteiger partial charge in [0.2, 0.25) is 0 Å². The fraction of sp³-hybridized carbons (Fsp3) is 0.357. The highest BCUT2D eigenvalue weighted by Gasteiger charge is 2.17. The number of H-pyrrole nitrogens is 1. The second kappa shape index (κ2) is 6.30. The topological polar surface area (TPSA) is 40.7 Å². The molecule has 0 fully saturated rings. The molecule has 2 rings (SSSR count). The maximum Gasteiger partial charge on any atom is 0.129 e. The summed E-state index contributed by atoms with van der Waals surface area (Å²) in [6.45, 7) is 4.03. The third-order valence-electron chi connectivity index (χ3n) is 3.14. The van der Waals surface area contributed by atoms with Gasteiger partial charge in [-0.15, -0.1) is 0 Å². The van der Waals surface area contributed by atoms with Gasteiger partial charge in [0.1, 0.15) is 11.6 Å². The standard InChI is InChI=1S/C14H17BrFN3/c1-3-13(14-17-6-7-18-14)19-9(2)11-5-4-10(15)8-12(11)16/h4-9,13,19H,3H2,1-2H3,(H,17,18). The Morgan fingerprint density at radius 2 is 2.26 bits per heavy atom. The lowest BCUT2D eigenvalue weighted by Gasteiger charge is -2.21. The highest BCUT2D eigenvalue weighted by Crippen LogP contribution is 2.24. The van der Waals surface area contributed by atoms with E-state index < -0.39 is 0 Å². The van der Waals surface area contributed by atoms with Crippen LogP contribution in [0.1, 0.15) is 43.7 Å². The quantitative estimate of drug-likeness (QED) is 0.868. The summed E-state index contributed by atoms with van der Waals surface area (Å²) < 4.78 is 14.7. The number of aromatic nitrogens is 2. The summed E-state index contributed by atoms with van der Waals surface area (Å²) in [7, 11) is 0. The first kappa shape index (κ1) is 14.2. The lowest BCUT2D eigenvalue weighted by atomic mass is 10.1. The van der Waals surface area contributed by atoms with E-state index in [1.54, 1.807) is 18.5 Å². The molecule has 0 spiro atoms. The van der Waals surface area contributed by atoms with Crippen LogP contribution in [0.4, 0.5) is 4.39 Å². The van der Waals surface area contributed by atoms with Crippen molar-refractivity contribution in [3.8, 4) is 0 Å². The molecule has 0 amide bonds. The van der Waals surface area contributed by atoms with Crippen LogP contribution >= 0.6 is 15.9 Å². The maximum atomic E-state index is 13.9. The van der Waals surface area contributed by atoms with E-state index in [9.17, 15) is 4.39 Å². The molecule has 5 heteroatoms. The van der Waals surface area contributed by atoms with Crippen LogP contribution in [-0.4, -0.2) is 9.97 Å². The second-order valence-corrected chi connectivity index (χ2v) is 5.41. The molecule has 3 nitrogen and oxygen atoms in total. The molecule has 19 heavy (non-hydrogen) atoms. The summed E-state index contributed by atoms with van der Waals surface area (Å²) in [6, 6.07) is 5.15. The highest BCUT2D eigenvalue weighted by molar-refractivity contribution is 9.10. The lowest BCUT2D eigenvalue weighted by Crippen LogP contribution is -2.25. The summed E-state index contributed by atoms with van der Waals surface area (Å²) >= 11 is 3.27. The summed E-state index contributed by atoms with van der Waals surface area (Å²) in [5.74, 6) is 0.676. The third kappa shape index (κ3) is 3.42. The van der Waals surface area contributed by atoms with E-state index in [2.05, 4.69) is 38.1 Å². The molecule has 0 radical (unpaired) electrons. The van der Waals surface area contributed by atoms with Gasteiger partial charge >= 0.3 is 0 Å². The van der Waals surface area contributed by atoms with Gasteiger partial charge in [-0.3, -0.25) is 0 Å². The maximum absolute atomic E-state index is 13.9. The number of hydrogen-bond donors (Lipinski definition) is 2. The van der Waals surface area contributed by atoms with Gasteiger partial charge in [-0.25, -0.2) is 9.37 Å². The van der Waals surface area contributed by atoms with E-state index in [0.29, 0.717) is 5.56 Å². The van der Waals surface area contributed by atoms with Crippen LogP contribution in [0, 0.1) is 5.82 Å². The van der Waals surface area contributed by atoms with Crippen LogP contribution in [0.15, 0.2) is 35.1 Å².